The average molecular weight is 427 g/mol. The minimum Gasteiger partial charge on any atom is -0.508 e. The highest BCUT2D eigenvalue weighted by molar-refractivity contribution is 6.32. The van der Waals surface area contributed by atoms with Gasteiger partial charge in [0.1, 0.15) is 11.8 Å². The summed E-state index contributed by atoms with van der Waals surface area (Å²) in [6.45, 7) is 0. The van der Waals surface area contributed by atoms with Crippen molar-refractivity contribution in [2.45, 2.75) is 12.5 Å². The quantitative estimate of drug-likeness (QED) is 0.657. The first-order chi connectivity index (χ1) is 14.3. The molecule has 3 aromatic carbocycles. The number of benzene rings is 3. The molecule has 1 amide bonds. The smallest absolute Gasteiger partial charge is 0.251 e. The molecule has 7 heteroatoms. The van der Waals surface area contributed by atoms with E-state index in [9.17, 15) is 18.7 Å². The van der Waals surface area contributed by atoms with E-state index in [4.69, 9.17) is 16.6 Å². The van der Waals surface area contributed by atoms with Gasteiger partial charge in [0.25, 0.3) is 5.91 Å². The van der Waals surface area contributed by atoms with Gasteiger partial charge < -0.3 is 10.0 Å². The van der Waals surface area contributed by atoms with Crippen molar-refractivity contribution in [2.24, 2.45) is 4.99 Å². The minimum absolute atomic E-state index is 0.101. The van der Waals surface area contributed by atoms with Gasteiger partial charge in [-0.25, -0.2) is 8.78 Å². The van der Waals surface area contributed by atoms with Crippen molar-refractivity contribution in [3.63, 3.8) is 0 Å². The van der Waals surface area contributed by atoms with Crippen LogP contribution in [0.25, 0.3) is 0 Å². The standard InChI is InChI=1S/C23H17ClF2N2O2/c1-28-21-9-5-15(24)12-17(21)22(14-3-6-16(29)7-4-14)27-20(23(28)30)11-13-2-8-18(25)19(26)10-13/h2-10,12,20,29H,11H2,1H3. The molecule has 0 radical (unpaired) electrons. The third kappa shape index (κ3) is 3.78. The second-order valence-corrected chi connectivity index (χ2v) is 7.49. The monoisotopic (exact) mass is 426 g/mol. The van der Waals surface area contributed by atoms with Gasteiger partial charge in [-0.05, 0) is 60.2 Å². The van der Waals surface area contributed by atoms with E-state index in [-0.39, 0.29) is 18.1 Å². The number of anilines is 1. The van der Waals surface area contributed by atoms with Crippen LogP contribution >= 0.6 is 11.6 Å². The highest BCUT2D eigenvalue weighted by Crippen LogP contribution is 2.31. The van der Waals surface area contributed by atoms with Gasteiger partial charge in [-0.2, -0.15) is 0 Å². The molecule has 1 aliphatic rings. The first-order valence-electron chi connectivity index (χ1n) is 9.22. The van der Waals surface area contributed by atoms with Gasteiger partial charge in [-0.15, -0.1) is 0 Å². The number of aliphatic imine (C=N–C) groups is 1. The zero-order valence-corrected chi connectivity index (χ0v) is 16.7. The number of phenols is 1. The first kappa shape index (κ1) is 20.0. The Morgan fingerprint density at radius 1 is 1.03 bits per heavy atom. The summed E-state index contributed by atoms with van der Waals surface area (Å²) < 4.78 is 27.0. The number of hydrogen-bond acceptors (Lipinski definition) is 3. The Morgan fingerprint density at radius 3 is 2.47 bits per heavy atom. The van der Waals surface area contributed by atoms with Gasteiger partial charge in [0.15, 0.2) is 11.6 Å². The Labute approximate surface area is 177 Å². The maximum Gasteiger partial charge on any atom is 0.251 e. The van der Waals surface area contributed by atoms with Crippen LogP contribution in [0.2, 0.25) is 5.02 Å². The largest absolute Gasteiger partial charge is 0.508 e. The number of carbonyl (C=O) groups is 1. The summed E-state index contributed by atoms with van der Waals surface area (Å²) in [5, 5.41) is 10.1. The fraction of sp³-hybridized carbons (Fsp3) is 0.130. The Hall–Kier alpha value is -3.25. The molecule has 0 saturated carbocycles. The lowest BCUT2D eigenvalue weighted by molar-refractivity contribution is -0.119. The van der Waals surface area contributed by atoms with E-state index < -0.39 is 17.7 Å². The topological polar surface area (TPSA) is 52.9 Å². The summed E-state index contributed by atoms with van der Waals surface area (Å²) in [6.07, 6.45) is 0.101. The van der Waals surface area contributed by atoms with Crippen LogP contribution in [0.15, 0.2) is 65.7 Å². The van der Waals surface area contributed by atoms with Crippen molar-refractivity contribution in [1.29, 1.82) is 0 Å². The molecule has 0 saturated heterocycles. The van der Waals surface area contributed by atoms with Crippen LogP contribution in [-0.2, 0) is 11.2 Å². The second-order valence-electron chi connectivity index (χ2n) is 7.05. The lowest BCUT2D eigenvalue weighted by Gasteiger charge is -2.20. The Bertz CT molecular complexity index is 1160. The Balaban J connectivity index is 1.85. The predicted octanol–water partition coefficient (Wildman–Crippen LogP) is 4.75. The molecule has 0 fully saturated rings. The maximum atomic E-state index is 13.7. The van der Waals surface area contributed by atoms with E-state index in [1.54, 1.807) is 37.4 Å². The van der Waals surface area contributed by atoms with E-state index in [0.717, 1.165) is 12.1 Å². The first-order valence-corrected chi connectivity index (χ1v) is 9.60. The molecule has 30 heavy (non-hydrogen) atoms. The summed E-state index contributed by atoms with van der Waals surface area (Å²) in [7, 11) is 1.64. The van der Waals surface area contributed by atoms with Gasteiger partial charge in [0.05, 0.1) is 11.4 Å². The number of likely N-dealkylation sites (N-methyl/N-ethyl adjacent to an activating group) is 1. The number of hydrogen-bond donors (Lipinski definition) is 1. The van der Waals surface area contributed by atoms with Gasteiger partial charge in [-0.1, -0.05) is 17.7 Å². The van der Waals surface area contributed by atoms with Gasteiger partial charge in [-0.3, -0.25) is 9.79 Å². The van der Waals surface area contributed by atoms with Crippen LogP contribution in [0, 0.1) is 11.6 Å². The molecule has 1 N–H and O–H groups in total. The highest BCUT2D eigenvalue weighted by atomic mass is 35.5. The number of benzodiazepines with no additional fused rings is 1. The molecule has 0 spiro atoms. The fourth-order valence-electron chi connectivity index (χ4n) is 3.49. The van der Waals surface area contributed by atoms with Crippen LogP contribution in [0.1, 0.15) is 16.7 Å². The number of nitrogens with zero attached hydrogens (tertiary/aromatic N) is 2. The van der Waals surface area contributed by atoms with Gasteiger partial charge in [0.2, 0.25) is 0 Å². The normalized spacial score (nSPS) is 16.1. The number of fused-ring (bicyclic) bond motifs is 1. The van der Waals surface area contributed by atoms with Crippen molar-refractivity contribution in [3.8, 4) is 5.75 Å². The highest BCUT2D eigenvalue weighted by Gasteiger charge is 2.30. The zero-order chi connectivity index (χ0) is 21.4. The predicted molar refractivity (Wildman–Crippen MR) is 112 cm³/mol. The summed E-state index contributed by atoms with van der Waals surface area (Å²) >= 11 is 6.21. The molecule has 0 bridgehead atoms. The van der Waals surface area contributed by atoms with Crippen molar-refractivity contribution in [3.05, 3.63) is 94.0 Å². The molecular formula is C23H17ClF2N2O2. The van der Waals surface area contributed by atoms with Gasteiger partial charge in [0, 0.05) is 29.6 Å². The summed E-state index contributed by atoms with van der Waals surface area (Å²) in [5.74, 6) is -2.10. The third-order valence-corrected chi connectivity index (χ3v) is 5.26. The molecule has 4 rings (SSSR count). The number of halogens is 3. The summed E-state index contributed by atoms with van der Waals surface area (Å²) in [6, 6.07) is 14.3. The molecule has 1 heterocycles. The number of phenolic OH excluding ortho intramolecular Hbond substituents is 1. The maximum absolute atomic E-state index is 13.7. The lowest BCUT2D eigenvalue weighted by Crippen LogP contribution is -2.36. The molecule has 0 aromatic heterocycles. The molecule has 0 aliphatic carbocycles. The van der Waals surface area contributed by atoms with E-state index >= 15 is 0 Å². The Kier molecular flexibility index (Phi) is 5.26. The summed E-state index contributed by atoms with van der Waals surface area (Å²) in [4.78, 5) is 19.4. The lowest BCUT2D eigenvalue weighted by atomic mass is 10.00. The Morgan fingerprint density at radius 2 is 1.77 bits per heavy atom. The van der Waals surface area contributed by atoms with Crippen LogP contribution in [0.4, 0.5) is 14.5 Å². The van der Waals surface area contributed by atoms with Crippen molar-refractivity contribution in [1.82, 2.24) is 0 Å². The van der Waals surface area contributed by atoms with Crippen LogP contribution < -0.4 is 4.90 Å². The molecule has 3 aromatic rings. The van der Waals surface area contributed by atoms with E-state index in [1.807, 2.05) is 0 Å². The van der Waals surface area contributed by atoms with Crippen LogP contribution in [0.3, 0.4) is 0 Å². The molecular weight excluding hydrogens is 410 g/mol. The van der Waals surface area contributed by atoms with Crippen LogP contribution in [0.5, 0.6) is 5.75 Å². The molecule has 152 valence electrons. The number of rotatable bonds is 3. The van der Waals surface area contributed by atoms with Crippen molar-refractivity contribution >= 4 is 28.9 Å². The SMILES string of the molecule is CN1C(=O)C(Cc2ccc(F)c(F)c2)N=C(c2ccc(O)cc2)c2cc(Cl)ccc21. The molecule has 1 unspecified atom stereocenters. The second kappa shape index (κ2) is 7.88. The van der Waals surface area contributed by atoms with E-state index in [1.165, 1.54) is 23.1 Å². The minimum atomic E-state index is -0.972. The van der Waals surface area contributed by atoms with Gasteiger partial charge >= 0.3 is 0 Å². The van der Waals surface area contributed by atoms with Crippen LogP contribution in [-0.4, -0.2) is 29.8 Å². The van der Waals surface area contributed by atoms with Crippen molar-refractivity contribution < 1.29 is 18.7 Å². The van der Waals surface area contributed by atoms with E-state index in [0.29, 0.717) is 33.1 Å². The van der Waals surface area contributed by atoms with E-state index in [2.05, 4.69) is 0 Å². The average Bonchev–Trinajstić information content (AvgIpc) is 2.82. The number of aromatic hydroxyl groups is 1. The molecule has 1 aliphatic heterocycles. The molecule has 1 atom stereocenters. The fourth-order valence-corrected chi connectivity index (χ4v) is 3.66. The number of carbonyl (C=O) groups excluding carboxylic acids is 1. The molecule has 4 nitrogen and oxygen atoms in total. The summed E-state index contributed by atoms with van der Waals surface area (Å²) in [5.41, 5.74) is 2.96. The number of amides is 1. The zero-order valence-electron chi connectivity index (χ0n) is 15.9. The van der Waals surface area contributed by atoms with Crippen molar-refractivity contribution in [2.75, 3.05) is 11.9 Å². The third-order valence-electron chi connectivity index (χ3n) is 5.03.